The fourth-order valence-electron chi connectivity index (χ4n) is 1.43. The van der Waals surface area contributed by atoms with Gasteiger partial charge in [-0.25, -0.2) is 4.98 Å². The normalized spacial score (nSPS) is 10.1. The highest BCUT2D eigenvalue weighted by Gasteiger charge is 1.98. The second-order valence-electron chi connectivity index (χ2n) is 3.33. The zero-order chi connectivity index (χ0) is 11.4. The van der Waals surface area contributed by atoms with Gasteiger partial charge in [-0.05, 0) is 17.9 Å². The van der Waals surface area contributed by atoms with Crippen LogP contribution in [-0.2, 0) is 0 Å². The molecule has 1 heterocycles. The molecule has 0 radical (unpaired) electrons. The van der Waals surface area contributed by atoms with E-state index >= 15 is 0 Å². The minimum atomic E-state index is 0.692. The SMILES string of the molecule is CSc1ccc(-c2ccc(C=O)cc2)cn1. The van der Waals surface area contributed by atoms with Crippen LogP contribution in [0.5, 0.6) is 0 Å². The second kappa shape index (κ2) is 4.94. The lowest BCUT2D eigenvalue weighted by Crippen LogP contribution is -1.83. The summed E-state index contributed by atoms with van der Waals surface area (Å²) in [5, 5.41) is 1.01. The fourth-order valence-corrected chi connectivity index (χ4v) is 1.79. The Morgan fingerprint density at radius 3 is 2.25 bits per heavy atom. The predicted octanol–water partition coefficient (Wildman–Crippen LogP) is 3.28. The first kappa shape index (κ1) is 10.9. The summed E-state index contributed by atoms with van der Waals surface area (Å²) in [6, 6.07) is 11.5. The van der Waals surface area contributed by atoms with E-state index in [1.807, 2.05) is 48.9 Å². The number of carbonyl (C=O) groups is 1. The summed E-state index contributed by atoms with van der Waals surface area (Å²) in [5.74, 6) is 0. The van der Waals surface area contributed by atoms with Crippen LogP contribution in [0.4, 0.5) is 0 Å². The van der Waals surface area contributed by atoms with Gasteiger partial charge in [0.15, 0.2) is 0 Å². The van der Waals surface area contributed by atoms with E-state index < -0.39 is 0 Å². The van der Waals surface area contributed by atoms with Gasteiger partial charge in [-0.2, -0.15) is 0 Å². The van der Waals surface area contributed by atoms with Crippen molar-refractivity contribution in [2.24, 2.45) is 0 Å². The summed E-state index contributed by atoms with van der Waals surface area (Å²) >= 11 is 1.62. The van der Waals surface area contributed by atoms with Crippen molar-refractivity contribution in [3.63, 3.8) is 0 Å². The third kappa shape index (κ3) is 2.31. The minimum Gasteiger partial charge on any atom is -0.298 e. The Hall–Kier alpha value is -1.61. The molecular weight excluding hydrogens is 218 g/mol. The third-order valence-corrected chi connectivity index (χ3v) is 2.99. The molecule has 1 aromatic heterocycles. The van der Waals surface area contributed by atoms with Crippen molar-refractivity contribution >= 4 is 18.0 Å². The van der Waals surface area contributed by atoms with Crippen LogP contribution in [0.25, 0.3) is 11.1 Å². The molecule has 0 saturated heterocycles. The number of hydrogen-bond acceptors (Lipinski definition) is 3. The predicted molar refractivity (Wildman–Crippen MR) is 66.8 cm³/mol. The van der Waals surface area contributed by atoms with Gasteiger partial charge in [-0.3, -0.25) is 4.79 Å². The number of thioether (sulfide) groups is 1. The van der Waals surface area contributed by atoms with Gasteiger partial charge < -0.3 is 0 Å². The molecule has 3 heteroatoms. The first-order valence-electron chi connectivity index (χ1n) is 4.89. The van der Waals surface area contributed by atoms with Crippen molar-refractivity contribution in [3.05, 3.63) is 48.2 Å². The fraction of sp³-hybridized carbons (Fsp3) is 0.0769. The Bertz CT molecular complexity index is 476. The number of aromatic nitrogens is 1. The maximum atomic E-state index is 10.5. The molecule has 0 amide bonds. The van der Waals surface area contributed by atoms with Crippen molar-refractivity contribution in [3.8, 4) is 11.1 Å². The monoisotopic (exact) mass is 229 g/mol. The zero-order valence-electron chi connectivity index (χ0n) is 8.88. The maximum absolute atomic E-state index is 10.5. The third-order valence-electron chi connectivity index (χ3n) is 2.33. The molecule has 0 bridgehead atoms. The maximum Gasteiger partial charge on any atom is 0.150 e. The summed E-state index contributed by atoms with van der Waals surface area (Å²) in [4.78, 5) is 14.8. The molecule has 16 heavy (non-hydrogen) atoms. The molecule has 0 unspecified atom stereocenters. The van der Waals surface area contributed by atoms with Gasteiger partial charge in [0.2, 0.25) is 0 Å². The van der Waals surface area contributed by atoms with E-state index in [-0.39, 0.29) is 0 Å². The lowest BCUT2D eigenvalue weighted by Gasteiger charge is -2.02. The van der Waals surface area contributed by atoms with Gasteiger partial charge in [0, 0.05) is 17.3 Å². The lowest BCUT2D eigenvalue weighted by atomic mass is 10.1. The van der Waals surface area contributed by atoms with Gasteiger partial charge in [0.1, 0.15) is 6.29 Å². The first-order chi connectivity index (χ1) is 7.83. The summed E-state index contributed by atoms with van der Waals surface area (Å²) in [5.41, 5.74) is 2.83. The van der Waals surface area contributed by atoms with Gasteiger partial charge in [-0.15, -0.1) is 11.8 Å². The molecule has 0 spiro atoms. The molecule has 0 N–H and O–H groups in total. The van der Waals surface area contributed by atoms with E-state index in [4.69, 9.17) is 0 Å². The van der Waals surface area contributed by atoms with Crippen LogP contribution in [0.2, 0.25) is 0 Å². The van der Waals surface area contributed by atoms with Crippen LogP contribution in [0.3, 0.4) is 0 Å². The Balaban J connectivity index is 2.31. The van der Waals surface area contributed by atoms with Crippen molar-refractivity contribution in [2.75, 3.05) is 6.26 Å². The van der Waals surface area contributed by atoms with Crippen LogP contribution >= 0.6 is 11.8 Å². The van der Waals surface area contributed by atoms with Gasteiger partial charge >= 0.3 is 0 Å². The Morgan fingerprint density at radius 2 is 1.75 bits per heavy atom. The van der Waals surface area contributed by atoms with Crippen LogP contribution in [0, 0.1) is 0 Å². The highest BCUT2D eigenvalue weighted by Crippen LogP contribution is 2.20. The molecule has 0 aliphatic rings. The topological polar surface area (TPSA) is 30.0 Å². The van der Waals surface area contributed by atoms with Crippen molar-refractivity contribution < 1.29 is 4.79 Å². The summed E-state index contributed by atoms with van der Waals surface area (Å²) in [6.45, 7) is 0. The van der Waals surface area contributed by atoms with E-state index in [0.29, 0.717) is 5.56 Å². The number of pyridine rings is 1. The standard InChI is InChI=1S/C13H11NOS/c1-16-13-7-6-12(8-14-13)11-4-2-10(9-15)3-5-11/h2-9H,1H3. The largest absolute Gasteiger partial charge is 0.298 e. The van der Waals surface area contributed by atoms with Crippen molar-refractivity contribution in [1.29, 1.82) is 0 Å². The van der Waals surface area contributed by atoms with Crippen LogP contribution in [0.1, 0.15) is 10.4 Å². The number of carbonyl (C=O) groups excluding carboxylic acids is 1. The van der Waals surface area contributed by atoms with Crippen molar-refractivity contribution in [2.45, 2.75) is 5.03 Å². The molecule has 2 rings (SSSR count). The van der Waals surface area contributed by atoms with E-state index in [1.54, 1.807) is 11.8 Å². The van der Waals surface area contributed by atoms with Crippen LogP contribution < -0.4 is 0 Å². The highest BCUT2D eigenvalue weighted by molar-refractivity contribution is 7.98. The van der Waals surface area contributed by atoms with Crippen molar-refractivity contribution in [1.82, 2.24) is 4.98 Å². The molecule has 0 aliphatic heterocycles. The number of benzene rings is 1. The zero-order valence-corrected chi connectivity index (χ0v) is 9.70. The van der Waals surface area contributed by atoms with E-state index in [2.05, 4.69) is 4.98 Å². The molecule has 2 nitrogen and oxygen atoms in total. The highest BCUT2D eigenvalue weighted by atomic mass is 32.2. The number of nitrogens with zero attached hydrogens (tertiary/aromatic N) is 1. The number of rotatable bonds is 3. The molecule has 0 fully saturated rings. The quantitative estimate of drug-likeness (QED) is 0.597. The average molecular weight is 229 g/mol. The average Bonchev–Trinajstić information content (AvgIpc) is 2.39. The van der Waals surface area contributed by atoms with E-state index in [0.717, 1.165) is 22.4 Å². The number of aldehydes is 1. The summed E-state index contributed by atoms with van der Waals surface area (Å²) in [7, 11) is 0. The van der Waals surface area contributed by atoms with E-state index in [1.165, 1.54) is 0 Å². The Morgan fingerprint density at radius 1 is 1.06 bits per heavy atom. The number of hydrogen-bond donors (Lipinski definition) is 0. The summed E-state index contributed by atoms with van der Waals surface area (Å²) in [6.07, 6.45) is 4.70. The van der Waals surface area contributed by atoms with Gasteiger partial charge in [-0.1, -0.05) is 30.3 Å². The van der Waals surface area contributed by atoms with Gasteiger partial charge in [0.25, 0.3) is 0 Å². The van der Waals surface area contributed by atoms with E-state index in [9.17, 15) is 4.79 Å². The van der Waals surface area contributed by atoms with Crippen LogP contribution in [0.15, 0.2) is 47.6 Å². The molecule has 80 valence electrons. The molecule has 0 saturated carbocycles. The summed E-state index contributed by atoms with van der Waals surface area (Å²) < 4.78 is 0. The van der Waals surface area contributed by atoms with Gasteiger partial charge in [0.05, 0.1) is 5.03 Å². The second-order valence-corrected chi connectivity index (χ2v) is 4.16. The first-order valence-corrected chi connectivity index (χ1v) is 6.11. The molecule has 2 aromatic rings. The molecular formula is C13H11NOS. The molecule has 0 aliphatic carbocycles. The Labute approximate surface area is 98.7 Å². The molecule has 0 atom stereocenters. The molecule has 1 aromatic carbocycles. The smallest absolute Gasteiger partial charge is 0.150 e. The Kier molecular flexibility index (Phi) is 3.37. The lowest BCUT2D eigenvalue weighted by molar-refractivity contribution is 0.112. The van der Waals surface area contributed by atoms with Crippen LogP contribution in [-0.4, -0.2) is 17.5 Å². The minimum absolute atomic E-state index is 0.692.